The topological polar surface area (TPSA) is 63.0 Å². The maximum atomic E-state index is 14.3. The van der Waals surface area contributed by atoms with Gasteiger partial charge in [-0.05, 0) is 40.0 Å². The number of pyridine rings is 1. The predicted molar refractivity (Wildman–Crippen MR) is 95.6 cm³/mol. The maximum absolute atomic E-state index is 14.3. The van der Waals surface area contributed by atoms with E-state index in [1.54, 1.807) is 0 Å². The van der Waals surface area contributed by atoms with Crippen molar-refractivity contribution in [1.82, 2.24) is 4.98 Å². The van der Waals surface area contributed by atoms with Crippen LogP contribution in [-0.2, 0) is 9.53 Å². The molecule has 1 heterocycles. The second-order valence-electron chi connectivity index (χ2n) is 5.55. The van der Waals surface area contributed by atoms with Crippen molar-refractivity contribution in [1.29, 1.82) is 5.26 Å². The van der Waals surface area contributed by atoms with Gasteiger partial charge in [0.25, 0.3) is 0 Å². The first kappa shape index (κ1) is 21.2. The van der Waals surface area contributed by atoms with Gasteiger partial charge in [-0.15, -0.1) is 11.6 Å². The Hall–Kier alpha value is -2.11. The lowest BCUT2D eigenvalue weighted by atomic mass is 9.80. The summed E-state index contributed by atoms with van der Waals surface area (Å²) < 4.78 is 47.1. The molecule has 2 unspecified atom stereocenters. The fraction of sp³-hybridized carbons (Fsp3) is 0.278. The first-order chi connectivity index (χ1) is 12.9. The van der Waals surface area contributed by atoms with Gasteiger partial charge in [0.15, 0.2) is 0 Å². The molecule has 0 aliphatic heterocycles. The number of nitrogens with zero attached hydrogens (tertiary/aromatic N) is 2. The monoisotopic (exact) mass is 460 g/mol. The molecule has 0 bridgehead atoms. The van der Waals surface area contributed by atoms with Gasteiger partial charge in [0.05, 0.1) is 35.5 Å². The largest absolute Gasteiger partial charge is 0.465 e. The van der Waals surface area contributed by atoms with Crippen molar-refractivity contribution < 1.29 is 22.7 Å². The van der Waals surface area contributed by atoms with Crippen LogP contribution in [0.2, 0.25) is 0 Å². The Morgan fingerprint density at radius 3 is 2.48 bits per heavy atom. The zero-order chi connectivity index (χ0) is 20.0. The van der Waals surface area contributed by atoms with E-state index in [2.05, 4.69) is 20.9 Å². The number of nitriles is 1. The van der Waals surface area contributed by atoms with Gasteiger partial charge in [0.1, 0.15) is 23.3 Å². The molecule has 2 atom stereocenters. The highest BCUT2D eigenvalue weighted by Gasteiger charge is 2.30. The molecule has 2 rings (SSSR count). The number of rotatable bonds is 7. The quantitative estimate of drug-likeness (QED) is 0.438. The predicted octanol–water partition coefficient (Wildman–Crippen LogP) is 4.82. The fourth-order valence-corrected chi connectivity index (χ4v) is 3.17. The van der Waals surface area contributed by atoms with Gasteiger partial charge in [-0.25, -0.2) is 13.2 Å². The second kappa shape index (κ2) is 9.72. The molecule has 27 heavy (non-hydrogen) atoms. The smallest absolute Gasteiger partial charge is 0.320 e. The summed E-state index contributed by atoms with van der Waals surface area (Å²) >= 11 is 8.39. The molecule has 9 heteroatoms. The molecular weight excluding hydrogens is 449 g/mol. The van der Waals surface area contributed by atoms with Crippen molar-refractivity contribution in [3.8, 4) is 6.07 Å². The van der Waals surface area contributed by atoms with E-state index < -0.39 is 35.3 Å². The average molecular weight is 462 g/mol. The Bertz CT molecular complexity index is 856. The fourth-order valence-electron chi connectivity index (χ4n) is 2.69. The van der Waals surface area contributed by atoms with Crippen LogP contribution in [0.25, 0.3) is 0 Å². The van der Waals surface area contributed by atoms with E-state index in [0.717, 1.165) is 18.5 Å². The molecule has 0 saturated heterocycles. The molecule has 0 fully saturated rings. The van der Waals surface area contributed by atoms with Gasteiger partial charge in [-0.3, -0.25) is 9.78 Å². The lowest BCUT2D eigenvalue weighted by Gasteiger charge is -2.24. The summed E-state index contributed by atoms with van der Waals surface area (Å²) in [4.78, 5) is 14.7. The molecule has 0 saturated carbocycles. The summed E-state index contributed by atoms with van der Waals surface area (Å²) in [6.07, 6.45) is 1.63. The Morgan fingerprint density at radius 1 is 1.26 bits per heavy atom. The van der Waals surface area contributed by atoms with Crippen LogP contribution in [0.5, 0.6) is 0 Å². The number of hydrogen-bond donors (Lipinski definition) is 0. The highest BCUT2D eigenvalue weighted by molar-refractivity contribution is 9.10. The van der Waals surface area contributed by atoms with Crippen molar-refractivity contribution in [3.63, 3.8) is 0 Å². The Morgan fingerprint density at radius 2 is 1.93 bits per heavy atom. The minimum Gasteiger partial charge on any atom is -0.465 e. The van der Waals surface area contributed by atoms with Crippen molar-refractivity contribution in [2.24, 2.45) is 0 Å². The molecule has 0 aliphatic rings. The number of esters is 1. The normalized spacial score (nSPS) is 12.9. The van der Waals surface area contributed by atoms with Crippen molar-refractivity contribution in [3.05, 3.63) is 63.6 Å². The maximum Gasteiger partial charge on any atom is 0.320 e. The summed E-state index contributed by atoms with van der Waals surface area (Å²) in [5, 5.41) is 9.66. The molecule has 2 aromatic rings. The standard InChI is InChI=1S/C18H13BrClF3N2O2/c19-13-5-10(1-2-14(13)21)12(7-24)11(3-4-27-17(26)6-20)18-15(22)8-25-9-16(18)23/h1-2,5,8-9,11-12H,3-4,6H2. The van der Waals surface area contributed by atoms with Crippen LogP contribution in [0.3, 0.4) is 0 Å². The molecule has 0 spiro atoms. The molecule has 0 amide bonds. The molecule has 0 radical (unpaired) electrons. The van der Waals surface area contributed by atoms with Crippen LogP contribution < -0.4 is 0 Å². The number of benzene rings is 1. The summed E-state index contributed by atoms with van der Waals surface area (Å²) in [6.45, 7) is -0.196. The van der Waals surface area contributed by atoms with Crippen molar-refractivity contribution in [2.45, 2.75) is 18.3 Å². The van der Waals surface area contributed by atoms with Crippen LogP contribution in [0.1, 0.15) is 29.4 Å². The van der Waals surface area contributed by atoms with E-state index in [9.17, 15) is 23.2 Å². The van der Waals surface area contributed by atoms with Gasteiger partial charge in [-0.2, -0.15) is 5.26 Å². The Balaban J connectivity index is 2.44. The summed E-state index contributed by atoms with van der Waals surface area (Å²) in [6, 6.07) is 5.89. The summed E-state index contributed by atoms with van der Waals surface area (Å²) in [5.74, 6) is -5.47. The molecule has 0 aliphatic carbocycles. The molecular formula is C18H13BrClF3N2O2. The van der Waals surface area contributed by atoms with Crippen molar-refractivity contribution >= 4 is 33.5 Å². The van der Waals surface area contributed by atoms with E-state index in [-0.39, 0.29) is 28.9 Å². The molecule has 1 aromatic carbocycles. The third kappa shape index (κ3) is 5.21. The number of aromatic nitrogens is 1. The SMILES string of the molecule is N#CC(c1ccc(F)c(Br)c1)C(CCOC(=O)CCl)c1c(F)cncc1F. The van der Waals surface area contributed by atoms with E-state index >= 15 is 0 Å². The highest BCUT2D eigenvalue weighted by atomic mass is 79.9. The van der Waals surface area contributed by atoms with Gasteiger partial charge in [0, 0.05) is 11.5 Å². The van der Waals surface area contributed by atoms with Crippen LogP contribution in [0.4, 0.5) is 13.2 Å². The third-order valence-corrected chi connectivity index (χ3v) is 4.73. The van der Waals surface area contributed by atoms with E-state index in [4.69, 9.17) is 16.3 Å². The van der Waals surface area contributed by atoms with Crippen LogP contribution in [0.15, 0.2) is 35.1 Å². The number of carbonyl (C=O) groups is 1. The molecule has 0 N–H and O–H groups in total. The van der Waals surface area contributed by atoms with E-state index in [1.165, 1.54) is 12.1 Å². The minimum absolute atomic E-state index is 0.0479. The van der Waals surface area contributed by atoms with Gasteiger partial charge < -0.3 is 4.74 Å². The zero-order valence-electron chi connectivity index (χ0n) is 13.8. The minimum atomic E-state index is -1.02. The lowest BCUT2D eigenvalue weighted by molar-refractivity contribution is -0.140. The molecule has 142 valence electrons. The number of hydrogen-bond acceptors (Lipinski definition) is 4. The van der Waals surface area contributed by atoms with Crippen LogP contribution in [-0.4, -0.2) is 23.4 Å². The van der Waals surface area contributed by atoms with Gasteiger partial charge in [0.2, 0.25) is 0 Å². The van der Waals surface area contributed by atoms with E-state index in [0.29, 0.717) is 5.56 Å². The average Bonchev–Trinajstić information content (AvgIpc) is 2.64. The number of halogens is 5. The van der Waals surface area contributed by atoms with Gasteiger partial charge >= 0.3 is 5.97 Å². The van der Waals surface area contributed by atoms with Gasteiger partial charge in [-0.1, -0.05) is 6.07 Å². The Labute approximate surface area is 167 Å². The number of ether oxygens (including phenoxy) is 1. The number of carbonyl (C=O) groups excluding carboxylic acids is 1. The molecule has 4 nitrogen and oxygen atoms in total. The zero-order valence-corrected chi connectivity index (χ0v) is 16.1. The van der Waals surface area contributed by atoms with Crippen molar-refractivity contribution in [2.75, 3.05) is 12.5 Å². The summed E-state index contributed by atoms with van der Waals surface area (Å²) in [5.41, 5.74) is 0.00831. The highest BCUT2D eigenvalue weighted by Crippen LogP contribution is 2.38. The lowest BCUT2D eigenvalue weighted by Crippen LogP contribution is -2.18. The van der Waals surface area contributed by atoms with E-state index in [1.807, 2.05) is 6.07 Å². The van der Waals surface area contributed by atoms with Crippen LogP contribution in [0, 0.1) is 28.8 Å². The summed E-state index contributed by atoms with van der Waals surface area (Å²) in [7, 11) is 0. The Kier molecular flexibility index (Phi) is 7.63. The number of alkyl halides is 1. The third-order valence-electron chi connectivity index (χ3n) is 3.91. The second-order valence-corrected chi connectivity index (χ2v) is 6.67. The first-order valence-electron chi connectivity index (χ1n) is 7.74. The first-order valence-corrected chi connectivity index (χ1v) is 9.06. The molecule has 1 aromatic heterocycles. The van der Waals surface area contributed by atoms with Crippen LogP contribution >= 0.6 is 27.5 Å².